The van der Waals surface area contributed by atoms with Gasteiger partial charge in [-0.05, 0) is 37.3 Å². The van der Waals surface area contributed by atoms with Crippen molar-refractivity contribution in [3.05, 3.63) is 36.5 Å². The Morgan fingerprint density at radius 2 is 2.12 bits per heavy atom. The summed E-state index contributed by atoms with van der Waals surface area (Å²) in [4.78, 5) is 17.3. The predicted octanol–water partition coefficient (Wildman–Crippen LogP) is 2.15. The number of benzene rings is 1. The topological polar surface area (TPSA) is 119 Å². The molecule has 3 rings (SSSR count). The van der Waals surface area contributed by atoms with Gasteiger partial charge in [-0.2, -0.15) is 0 Å². The van der Waals surface area contributed by atoms with Crippen LogP contribution < -0.4 is 15.8 Å². The second-order valence-electron chi connectivity index (χ2n) is 5.17. The summed E-state index contributed by atoms with van der Waals surface area (Å²) in [5, 5.41) is 12.6. The highest BCUT2D eigenvalue weighted by Gasteiger charge is 2.08. The molecule has 0 radical (unpaired) electrons. The maximum atomic E-state index is 9.72. The van der Waals surface area contributed by atoms with Crippen LogP contribution in [-0.2, 0) is 0 Å². The van der Waals surface area contributed by atoms with Crippen LogP contribution in [0.2, 0.25) is 0 Å². The highest BCUT2D eigenvalue weighted by atomic mass is 16.5. The lowest BCUT2D eigenvalue weighted by Crippen LogP contribution is -2.23. The molecule has 25 heavy (non-hydrogen) atoms. The summed E-state index contributed by atoms with van der Waals surface area (Å²) in [6, 6.07) is 8.70. The molecule has 128 valence electrons. The highest BCUT2D eigenvalue weighted by molar-refractivity contribution is 5.92. The van der Waals surface area contributed by atoms with E-state index in [1.54, 1.807) is 24.4 Å². The lowest BCUT2D eigenvalue weighted by molar-refractivity contribution is 0.373. The van der Waals surface area contributed by atoms with Crippen LogP contribution in [0.25, 0.3) is 22.4 Å². The van der Waals surface area contributed by atoms with Crippen LogP contribution in [0.3, 0.4) is 0 Å². The Bertz CT molecular complexity index is 942. The molecule has 1 aromatic carbocycles. The molecule has 2 aromatic heterocycles. The van der Waals surface area contributed by atoms with Gasteiger partial charge in [0.05, 0.1) is 19.0 Å². The van der Waals surface area contributed by atoms with Gasteiger partial charge in [-0.3, -0.25) is 4.99 Å². The van der Waals surface area contributed by atoms with E-state index in [4.69, 9.17) is 10.5 Å². The van der Waals surface area contributed by atoms with E-state index in [1.165, 1.54) is 7.11 Å². The number of nitrogens with one attached hydrogen (secondary N) is 1. The summed E-state index contributed by atoms with van der Waals surface area (Å²) in [7, 11) is 1.50. The molecule has 8 nitrogen and oxygen atoms in total. The van der Waals surface area contributed by atoms with E-state index in [2.05, 4.69) is 25.3 Å². The van der Waals surface area contributed by atoms with Crippen LogP contribution in [0, 0.1) is 0 Å². The maximum absolute atomic E-state index is 9.72. The van der Waals surface area contributed by atoms with Crippen LogP contribution in [0.4, 0.5) is 5.82 Å². The molecule has 4 N–H and O–H groups in total. The Labute approximate surface area is 144 Å². The van der Waals surface area contributed by atoms with Crippen LogP contribution >= 0.6 is 0 Å². The number of rotatable bonds is 4. The number of guanidine groups is 1. The van der Waals surface area contributed by atoms with Gasteiger partial charge < -0.3 is 20.9 Å². The molecule has 0 spiro atoms. The number of aromatic nitrogens is 3. The van der Waals surface area contributed by atoms with Gasteiger partial charge >= 0.3 is 0 Å². The second-order valence-corrected chi connectivity index (χ2v) is 5.17. The zero-order valence-corrected chi connectivity index (χ0v) is 13.9. The van der Waals surface area contributed by atoms with Gasteiger partial charge in [-0.1, -0.05) is 0 Å². The Balaban J connectivity index is 1.99. The Morgan fingerprint density at radius 1 is 1.28 bits per heavy atom. The summed E-state index contributed by atoms with van der Waals surface area (Å²) < 4.78 is 5.14. The smallest absolute Gasteiger partial charge is 0.194 e. The monoisotopic (exact) mass is 338 g/mol. The average molecular weight is 338 g/mol. The molecule has 0 aliphatic heterocycles. The normalized spacial score (nSPS) is 11.5. The molecule has 0 atom stereocenters. The molecule has 0 saturated carbocycles. The molecule has 0 aliphatic carbocycles. The fraction of sp³-hybridized carbons (Fsp3) is 0.176. The molecule has 0 aliphatic rings. The fourth-order valence-corrected chi connectivity index (χ4v) is 2.30. The number of nitrogens with two attached hydrogens (primary N) is 1. The lowest BCUT2D eigenvalue weighted by atomic mass is 10.1. The van der Waals surface area contributed by atoms with Crippen molar-refractivity contribution in [2.24, 2.45) is 10.7 Å². The van der Waals surface area contributed by atoms with Crippen LogP contribution in [0.1, 0.15) is 6.92 Å². The van der Waals surface area contributed by atoms with Gasteiger partial charge in [0.15, 0.2) is 28.9 Å². The number of hydrogen-bond donors (Lipinski definition) is 3. The van der Waals surface area contributed by atoms with Crippen molar-refractivity contribution >= 4 is 22.9 Å². The first-order valence-corrected chi connectivity index (χ1v) is 7.69. The lowest BCUT2D eigenvalue weighted by Gasteiger charge is -2.08. The van der Waals surface area contributed by atoms with Crippen molar-refractivity contribution < 1.29 is 9.84 Å². The number of aromatic hydroxyl groups is 1. The highest BCUT2D eigenvalue weighted by Crippen LogP contribution is 2.31. The number of methoxy groups -OCH3 is 1. The number of phenolic OH excluding ortho intramolecular Hbond substituents is 1. The third kappa shape index (κ3) is 3.57. The molecule has 0 fully saturated rings. The summed E-state index contributed by atoms with van der Waals surface area (Å²) in [5.41, 5.74) is 8.35. The minimum absolute atomic E-state index is 0.0732. The summed E-state index contributed by atoms with van der Waals surface area (Å²) >= 11 is 0. The van der Waals surface area contributed by atoms with E-state index < -0.39 is 0 Å². The third-order valence-electron chi connectivity index (χ3n) is 3.47. The molecule has 3 aromatic rings. The Hall–Kier alpha value is -3.42. The summed E-state index contributed by atoms with van der Waals surface area (Å²) in [6.45, 7) is 2.46. The molecule has 0 unspecified atom stereocenters. The Kier molecular flexibility index (Phi) is 4.60. The van der Waals surface area contributed by atoms with Gasteiger partial charge in [0.2, 0.25) is 0 Å². The zero-order chi connectivity index (χ0) is 17.8. The first-order valence-electron chi connectivity index (χ1n) is 7.69. The third-order valence-corrected chi connectivity index (χ3v) is 3.47. The molecular weight excluding hydrogens is 320 g/mol. The first-order chi connectivity index (χ1) is 12.1. The number of pyridine rings is 1. The predicted molar refractivity (Wildman–Crippen MR) is 96.8 cm³/mol. The molecule has 0 amide bonds. The molecule has 2 heterocycles. The zero-order valence-electron chi connectivity index (χ0n) is 13.9. The number of hydrogen-bond acceptors (Lipinski definition) is 6. The summed E-state index contributed by atoms with van der Waals surface area (Å²) in [5.74, 6) is 1.19. The van der Waals surface area contributed by atoms with Crippen LogP contribution in [0.15, 0.2) is 41.5 Å². The van der Waals surface area contributed by atoms with Gasteiger partial charge in [0.25, 0.3) is 0 Å². The van der Waals surface area contributed by atoms with E-state index in [1.807, 2.05) is 19.1 Å². The van der Waals surface area contributed by atoms with E-state index in [-0.39, 0.29) is 11.7 Å². The molecular formula is C17H18N6O2. The van der Waals surface area contributed by atoms with E-state index in [0.717, 1.165) is 5.56 Å². The quantitative estimate of drug-likeness (QED) is 0.492. The minimum atomic E-state index is 0.0732. The number of nitrogens with zero attached hydrogens (tertiary/aromatic N) is 4. The van der Waals surface area contributed by atoms with Crippen molar-refractivity contribution in [1.29, 1.82) is 0 Å². The standard InChI is InChI=1S/C17H18N6O2/c1-3-19-17(18)23-15-9-20-12-6-5-11(21-16(12)22-15)10-4-7-13(24)14(8-10)25-2/h4-9,24H,3H2,1-2H3,(H3,18,19,21,22,23). The van der Waals surface area contributed by atoms with Crippen molar-refractivity contribution in [2.75, 3.05) is 19.0 Å². The van der Waals surface area contributed by atoms with Gasteiger partial charge in [-0.25, -0.2) is 15.0 Å². The van der Waals surface area contributed by atoms with Crippen molar-refractivity contribution in [2.45, 2.75) is 6.92 Å². The van der Waals surface area contributed by atoms with Crippen molar-refractivity contribution in [1.82, 2.24) is 15.0 Å². The number of anilines is 1. The van der Waals surface area contributed by atoms with Crippen LogP contribution in [0.5, 0.6) is 11.5 Å². The first kappa shape index (κ1) is 16.4. The SMILES string of the molecule is CCN=C(N)Nc1cnc2ccc(-c3ccc(O)c(OC)c3)nc2n1. The Morgan fingerprint density at radius 3 is 2.88 bits per heavy atom. The number of aliphatic imine (C=N–C) groups is 1. The molecule has 0 saturated heterocycles. The number of phenols is 1. The van der Waals surface area contributed by atoms with Gasteiger partial charge in [0, 0.05) is 12.1 Å². The number of fused-ring (bicyclic) bond motifs is 1. The second kappa shape index (κ2) is 7.00. The van der Waals surface area contributed by atoms with E-state index in [9.17, 15) is 5.11 Å². The maximum Gasteiger partial charge on any atom is 0.194 e. The summed E-state index contributed by atoms with van der Waals surface area (Å²) in [6.07, 6.45) is 1.57. The van der Waals surface area contributed by atoms with Crippen molar-refractivity contribution in [3.63, 3.8) is 0 Å². The molecule has 0 bridgehead atoms. The van der Waals surface area contributed by atoms with E-state index in [0.29, 0.717) is 35.0 Å². The minimum Gasteiger partial charge on any atom is -0.504 e. The van der Waals surface area contributed by atoms with Crippen LogP contribution in [-0.4, -0.2) is 39.7 Å². The molecule has 8 heteroatoms. The van der Waals surface area contributed by atoms with E-state index >= 15 is 0 Å². The number of ether oxygens (including phenoxy) is 1. The average Bonchev–Trinajstić information content (AvgIpc) is 2.61. The van der Waals surface area contributed by atoms with Gasteiger partial charge in [-0.15, -0.1) is 0 Å². The van der Waals surface area contributed by atoms with Crippen molar-refractivity contribution in [3.8, 4) is 22.8 Å². The fourth-order valence-electron chi connectivity index (χ4n) is 2.30. The largest absolute Gasteiger partial charge is 0.504 e. The van der Waals surface area contributed by atoms with Gasteiger partial charge in [0.1, 0.15) is 5.52 Å².